The van der Waals surface area contributed by atoms with Crippen molar-refractivity contribution in [3.8, 4) is 0 Å². The van der Waals surface area contributed by atoms with E-state index in [4.69, 9.17) is 23.2 Å². The average Bonchev–Trinajstić information content (AvgIpc) is 2.86. The molecule has 3 rings (SSSR count). The first-order chi connectivity index (χ1) is 18.4. The fourth-order valence-electron chi connectivity index (χ4n) is 4.04. The van der Waals surface area contributed by atoms with Crippen LogP contribution in [0.5, 0.6) is 0 Å². The molecule has 0 saturated carbocycles. The van der Waals surface area contributed by atoms with Crippen LogP contribution in [-0.4, -0.2) is 50.0 Å². The number of sulfonamides is 1. The van der Waals surface area contributed by atoms with E-state index in [-0.39, 0.29) is 34.7 Å². The lowest BCUT2D eigenvalue weighted by atomic mass is 10.0. The Morgan fingerprint density at radius 1 is 0.923 bits per heavy atom. The second-order valence-corrected chi connectivity index (χ2v) is 12.0. The molecule has 0 aliphatic heterocycles. The number of para-hydroxylation sites is 1. The Hall–Kier alpha value is -3.14. The maximum absolute atomic E-state index is 14.7. The molecule has 208 valence electrons. The summed E-state index contributed by atoms with van der Waals surface area (Å²) < 4.78 is 40.8. The van der Waals surface area contributed by atoms with Gasteiger partial charge in [0.25, 0.3) is 0 Å². The van der Waals surface area contributed by atoms with Gasteiger partial charge in [-0.25, -0.2) is 12.8 Å². The predicted octanol–water partition coefficient (Wildman–Crippen LogP) is 5.06. The minimum absolute atomic E-state index is 0.131. The zero-order valence-corrected chi connectivity index (χ0v) is 24.1. The number of halogens is 3. The third-order valence-electron chi connectivity index (χ3n) is 5.89. The van der Waals surface area contributed by atoms with Crippen LogP contribution < -0.4 is 9.62 Å². The van der Waals surface area contributed by atoms with E-state index in [0.29, 0.717) is 9.87 Å². The summed E-state index contributed by atoms with van der Waals surface area (Å²) in [6, 6.07) is 17.9. The van der Waals surface area contributed by atoms with E-state index in [9.17, 15) is 22.4 Å². The molecule has 3 aromatic carbocycles. The summed E-state index contributed by atoms with van der Waals surface area (Å²) in [6.07, 6.45) is 1.01. The predicted molar refractivity (Wildman–Crippen MR) is 153 cm³/mol. The zero-order valence-electron chi connectivity index (χ0n) is 21.8. The molecular weight excluding hydrogens is 564 g/mol. The molecule has 1 atom stereocenters. The summed E-state index contributed by atoms with van der Waals surface area (Å²) in [7, 11) is -4.09. The lowest BCUT2D eigenvalue weighted by Gasteiger charge is -2.34. The summed E-state index contributed by atoms with van der Waals surface area (Å²) in [4.78, 5) is 28.7. The van der Waals surface area contributed by atoms with Gasteiger partial charge in [-0.05, 0) is 43.7 Å². The van der Waals surface area contributed by atoms with Crippen molar-refractivity contribution in [1.82, 2.24) is 10.2 Å². The van der Waals surface area contributed by atoms with Crippen LogP contribution in [0.4, 0.5) is 10.1 Å². The SMILES string of the molecule is CC(C)NC(=O)C(Cc1ccccc1)N(Cc1c(Cl)cccc1Cl)C(=O)CN(c1ccccc1F)S(C)(=O)=O. The largest absolute Gasteiger partial charge is 0.352 e. The smallest absolute Gasteiger partial charge is 0.244 e. The lowest BCUT2D eigenvalue weighted by molar-refractivity contribution is -0.140. The van der Waals surface area contributed by atoms with Crippen molar-refractivity contribution in [2.24, 2.45) is 0 Å². The molecule has 0 aliphatic carbocycles. The molecule has 0 radical (unpaired) electrons. The molecule has 1 N–H and O–H groups in total. The van der Waals surface area contributed by atoms with Gasteiger partial charge in [-0.2, -0.15) is 0 Å². The quantitative estimate of drug-likeness (QED) is 0.336. The maximum Gasteiger partial charge on any atom is 0.244 e. The Labute approximate surface area is 238 Å². The van der Waals surface area contributed by atoms with Gasteiger partial charge in [-0.1, -0.05) is 71.7 Å². The van der Waals surface area contributed by atoms with Gasteiger partial charge in [-0.3, -0.25) is 13.9 Å². The Bertz CT molecular complexity index is 1400. The normalized spacial score (nSPS) is 12.2. The Morgan fingerprint density at radius 2 is 1.51 bits per heavy atom. The first kappa shape index (κ1) is 30.4. The van der Waals surface area contributed by atoms with Gasteiger partial charge in [0.15, 0.2) is 0 Å². The van der Waals surface area contributed by atoms with Crippen LogP contribution in [0.1, 0.15) is 25.0 Å². The summed E-state index contributed by atoms with van der Waals surface area (Å²) >= 11 is 12.8. The van der Waals surface area contributed by atoms with Gasteiger partial charge >= 0.3 is 0 Å². The standard InChI is InChI=1S/C28H30Cl2FN3O4S/c1-19(2)32-28(36)26(16-20-10-5-4-6-11-20)33(17-21-22(29)12-9-13-23(21)30)27(35)18-34(39(3,37)38)25-15-8-7-14-24(25)31/h4-15,19,26H,16-18H2,1-3H3,(H,32,36). The monoisotopic (exact) mass is 593 g/mol. The van der Waals surface area contributed by atoms with Crippen molar-refractivity contribution in [3.05, 3.63) is 99.8 Å². The van der Waals surface area contributed by atoms with E-state index < -0.39 is 40.2 Å². The number of hydrogen-bond acceptors (Lipinski definition) is 4. The van der Waals surface area contributed by atoms with E-state index in [1.54, 1.807) is 32.0 Å². The topological polar surface area (TPSA) is 86.8 Å². The van der Waals surface area contributed by atoms with Gasteiger partial charge < -0.3 is 10.2 Å². The molecule has 1 unspecified atom stereocenters. The Morgan fingerprint density at radius 3 is 2.08 bits per heavy atom. The third kappa shape index (κ3) is 8.17. The molecule has 0 heterocycles. The van der Waals surface area contributed by atoms with E-state index in [2.05, 4.69) is 5.32 Å². The summed E-state index contributed by atoms with van der Waals surface area (Å²) in [5, 5.41) is 3.40. The number of amides is 2. The van der Waals surface area contributed by atoms with Crippen LogP contribution >= 0.6 is 23.2 Å². The zero-order chi connectivity index (χ0) is 28.7. The van der Waals surface area contributed by atoms with Crippen molar-refractivity contribution < 1.29 is 22.4 Å². The van der Waals surface area contributed by atoms with Crippen LogP contribution in [0.3, 0.4) is 0 Å². The number of hydrogen-bond donors (Lipinski definition) is 1. The first-order valence-corrected chi connectivity index (χ1v) is 14.8. The highest BCUT2D eigenvalue weighted by Gasteiger charge is 2.34. The summed E-state index contributed by atoms with van der Waals surface area (Å²) in [5.41, 5.74) is 0.884. The highest BCUT2D eigenvalue weighted by Crippen LogP contribution is 2.28. The molecule has 0 aromatic heterocycles. The first-order valence-electron chi connectivity index (χ1n) is 12.2. The molecule has 0 fully saturated rings. The molecule has 3 aromatic rings. The number of carbonyl (C=O) groups excluding carboxylic acids is 2. The van der Waals surface area contributed by atoms with Crippen molar-refractivity contribution in [1.29, 1.82) is 0 Å². The second-order valence-electron chi connectivity index (χ2n) is 9.31. The second kappa shape index (κ2) is 13.3. The van der Waals surface area contributed by atoms with Crippen molar-refractivity contribution in [3.63, 3.8) is 0 Å². The number of benzene rings is 3. The third-order valence-corrected chi connectivity index (χ3v) is 7.73. The van der Waals surface area contributed by atoms with Gasteiger partial charge in [0.1, 0.15) is 18.4 Å². The molecule has 0 aliphatic rings. The van der Waals surface area contributed by atoms with Gasteiger partial charge in [0, 0.05) is 34.6 Å². The lowest BCUT2D eigenvalue weighted by Crippen LogP contribution is -2.54. The van der Waals surface area contributed by atoms with Crippen LogP contribution in [-0.2, 0) is 32.6 Å². The summed E-state index contributed by atoms with van der Waals surface area (Å²) in [5.74, 6) is -1.99. The fourth-order valence-corrected chi connectivity index (χ4v) is 5.40. The molecule has 7 nitrogen and oxygen atoms in total. The molecule has 39 heavy (non-hydrogen) atoms. The molecule has 0 saturated heterocycles. The number of nitrogens with zero attached hydrogens (tertiary/aromatic N) is 2. The number of rotatable bonds is 11. The number of nitrogens with one attached hydrogen (secondary N) is 1. The number of anilines is 1. The highest BCUT2D eigenvalue weighted by molar-refractivity contribution is 7.92. The Balaban J connectivity index is 2.11. The van der Waals surface area contributed by atoms with Crippen molar-refractivity contribution in [2.45, 2.75) is 38.9 Å². The average molecular weight is 595 g/mol. The van der Waals surface area contributed by atoms with Crippen LogP contribution in [0, 0.1) is 5.82 Å². The maximum atomic E-state index is 14.7. The molecule has 0 spiro atoms. The van der Waals surface area contributed by atoms with E-state index >= 15 is 0 Å². The molecule has 11 heteroatoms. The van der Waals surface area contributed by atoms with E-state index in [1.807, 2.05) is 30.3 Å². The number of carbonyl (C=O) groups is 2. The van der Waals surface area contributed by atoms with Gasteiger partial charge in [0.05, 0.1) is 11.9 Å². The van der Waals surface area contributed by atoms with E-state index in [1.165, 1.54) is 23.1 Å². The Kier molecular flexibility index (Phi) is 10.4. The molecule has 0 bridgehead atoms. The molecular formula is C28H30Cl2FN3O4S. The van der Waals surface area contributed by atoms with Crippen LogP contribution in [0.15, 0.2) is 72.8 Å². The summed E-state index contributed by atoms with van der Waals surface area (Å²) in [6.45, 7) is 2.65. The van der Waals surface area contributed by atoms with Gasteiger partial charge in [0.2, 0.25) is 21.8 Å². The van der Waals surface area contributed by atoms with E-state index in [0.717, 1.165) is 17.9 Å². The van der Waals surface area contributed by atoms with Crippen LogP contribution in [0.2, 0.25) is 10.0 Å². The highest BCUT2D eigenvalue weighted by atomic mass is 35.5. The van der Waals surface area contributed by atoms with Gasteiger partial charge in [-0.15, -0.1) is 0 Å². The van der Waals surface area contributed by atoms with Crippen LogP contribution in [0.25, 0.3) is 0 Å². The van der Waals surface area contributed by atoms with Crippen molar-refractivity contribution in [2.75, 3.05) is 17.1 Å². The minimum Gasteiger partial charge on any atom is -0.352 e. The van der Waals surface area contributed by atoms with Crippen molar-refractivity contribution >= 4 is 50.7 Å². The minimum atomic E-state index is -4.09. The molecule has 2 amide bonds. The fraction of sp³-hybridized carbons (Fsp3) is 0.286.